The first kappa shape index (κ1) is 16.6. The monoisotopic (exact) mass is 288 g/mol. The number of hydrogen-bond acceptors (Lipinski definition) is 5. The molecule has 0 amide bonds. The van der Waals surface area contributed by atoms with E-state index in [9.17, 15) is 10.0 Å². The van der Waals surface area contributed by atoms with Crippen LogP contribution in [0, 0.1) is 11.1 Å². The maximum atomic E-state index is 11.3. The third-order valence-corrected chi connectivity index (χ3v) is 8.68. The predicted octanol–water partition coefficient (Wildman–Crippen LogP) is 2.72. The zero-order chi connectivity index (χ0) is 14.8. The van der Waals surface area contributed by atoms with Gasteiger partial charge in [0.1, 0.15) is 6.23 Å². The molecule has 19 heavy (non-hydrogen) atoms. The Kier molecular flexibility index (Phi) is 5.17. The van der Waals surface area contributed by atoms with Crippen molar-refractivity contribution < 1.29 is 14.0 Å². The van der Waals surface area contributed by atoms with Gasteiger partial charge in [-0.25, -0.2) is 0 Å². The molecular weight excluding hydrogens is 262 g/mol. The summed E-state index contributed by atoms with van der Waals surface area (Å²) in [5.41, 5.74) is 0. The molecule has 2 atom stereocenters. The fourth-order valence-corrected chi connectivity index (χ4v) is 2.82. The van der Waals surface area contributed by atoms with Crippen LogP contribution in [0.25, 0.3) is 0 Å². The molecule has 0 unspecified atom stereocenters. The van der Waals surface area contributed by atoms with Crippen LogP contribution in [0.5, 0.6) is 0 Å². The molecule has 5 nitrogen and oxygen atoms in total. The molecule has 0 saturated carbocycles. The van der Waals surface area contributed by atoms with Crippen LogP contribution in [0.2, 0.25) is 18.1 Å². The average molecular weight is 288 g/mol. The fraction of sp³-hybridized carbons (Fsp3) is 0.923. The number of carbonyl (C=O) groups is 1. The Morgan fingerprint density at radius 1 is 1.42 bits per heavy atom. The van der Waals surface area contributed by atoms with Gasteiger partial charge in [0.15, 0.2) is 8.32 Å². The molecule has 0 aliphatic carbocycles. The number of hydrogen-bond donors (Lipinski definition) is 0. The topological polar surface area (TPSA) is 61.8 Å². The Morgan fingerprint density at radius 2 is 2.00 bits per heavy atom. The Morgan fingerprint density at radius 3 is 2.42 bits per heavy atom. The molecule has 1 fully saturated rings. The second-order valence-electron chi connectivity index (χ2n) is 6.76. The van der Waals surface area contributed by atoms with Gasteiger partial charge in [0.25, 0.3) is 0 Å². The molecular formula is C13H26NO4Si-. The van der Waals surface area contributed by atoms with Gasteiger partial charge in [-0.1, -0.05) is 20.8 Å². The maximum absolute atomic E-state index is 11.3. The summed E-state index contributed by atoms with van der Waals surface area (Å²) in [6.45, 7) is 13.4. The molecule has 1 heterocycles. The molecule has 112 valence electrons. The quantitative estimate of drug-likeness (QED) is 0.575. The summed E-state index contributed by atoms with van der Waals surface area (Å²) in [5, 5.41) is 12.3. The summed E-state index contributed by atoms with van der Waals surface area (Å²) in [6.07, 6.45) is 0.156. The van der Waals surface area contributed by atoms with Crippen LogP contribution in [0.15, 0.2) is 0 Å². The molecule has 0 spiro atoms. The Hall–Kier alpha value is -0.433. The van der Waals surface area contributed by atoms with Crippen LogP contribution < -0.4 is 0 Å². The summed E-state index contributed by atoms with van der Waals surface area (Å²) in [5.74, 6) is -0.299. The lowest BCUT2D eigenvalue weighted by atomic mass is 9.96. The van der Waals surface area contributed by atoms with Gasteiger partial charge in [0, 0.05) is 19.4 Å². The third kappa shape index (κ3) is 4.27. The first-order valence-corrected chi connectivity index (χ1v) is 9.70. The minimum absolute atomic E-state index is 0.103. The summed E-state index contributed by atoms with van der Waals surface area (Å²) < 4.78 is 11.1. The minimum atomic E-state index is -1.73. The Labute approximate surface area is 117 Å². The van der Waals surface area contributed by atoms with Crippen LogP contribution in [-0.2, 0) is 14.0 Å². The highest BCUT2D eigenvalue weighted by Gasteiger charge is 2.39. The van der Waals surface area contributed by atoms with E-state index in [1.807, 2.05) is 0 Å². The number of nitrogens with zero attached hydrogens (tertiary/aromatic N) is 1. The van der Waals surface area contributed by atoms with E-state index < -0.39 is 20.5 Å². The van der Waals surface area contributed by atoms with Crippen molar-refractivity contribution in [3.8, 4) is 0 Å². The van der Waals surface area contributed by atoms with Gasteiger partial charge in [0.2, 0.25) is 0 Å². The average Bonchev–Trinajstić information content (AvgIpc) is 2.23. The molecule has 0 aromatic heterocycles. The zero-order valence-electron chi connectivity index (χ0n) is 12.9. The lowest BCUT2D eigenvalue weighted by molar-refractivity contribution is -0.178. The Bertz CT molecular complexity index is 327. The van der Waals surface area contributed by atoms with Crippen LogP contribution >= 0.6 is 0 Å². The van der Waals surface area contributed by atoms with Gasteiger partial charge in [-0.3, -0.25) is 4.79 Å². The molecule has 0 radical (unpaired) electrons. The van der Waals surface area contributed by atoms with E-state index in [2.05, 4.69) is 33.9 Å². The number of hydroxylamine groups is 2. The van der Waals surface area contributed by atoms with Gasteiger partial charge in [-0.05, 0) is 31.1 Å². The smallest absolute Gasteiger partial charge is 0.304 e. The summed E-state index contributed by atoms with van der Waals surface area (Å²) in [6, 6.07) is 0. The van der Waals surface area contributed by atoms with Crippen LogP contribution in [-0.4, -0.2) is 38.7 Å². The highest BCUT2D eigenvalue weighted by molar-refractivity contribution is 6.74. The molecule has 0 bridgehead atoms. The summed E-state index contributed by atoms with van der Waals surface area (Å²) in [7, 11) is -1.73. The fourth-order valence-electron chi connectivity index (χ4n) is 1.76. The number of ether oxygens (including phenoxy) is 1. The molecule has 0 N–H and O–H groups in total. The SMILES string of the molecule is CC(=O)O[C@@H]1[C@@H](CCO[Si](C)(C)C(C)(C)C)CN1[O-]. The lowest BCUT2D eigenvalue weighted by Crippen LogP contribution is -2.55. The van der Waals surface area contributed by atoms with Crippen LogP contribution in [0.1, 0.15) is 34.1 Å². The standard InChI is InChI=1S/C13H26NO4Si/c1-10(15)18-12-11(9-14(12)16)7-8-17-19(5,6)13(2,3)4/h11-12H,7-9H2,1-6H3/q-1/t11-,12+/m0/s1. The lowest BCUT2D eigenvalue weighted by Gasteiger charge is -2.51. The van der Waals surface area contributed by atoms with Crippen molar-refractivity contribution in [1.82, 2.24) is 5.06 Å². The molecule has 0 aromatic carbocycles. The number of rotatable bonds is 5. The van der Waals surface area contributed by atoms with Crippen molar-refractivity contribution in [2.24, 2.45) is 5.92 Å². The molecule has 1 aliphatic heterocycles. The van der Waals surface area contributed by atoms with Gasteiger partial charge in [-0.15, -0.1) is 0 Å². The molecule has 1 rings (SSSR count). The van der Waals surface area contributed by atoms with Crippen molar-refractivity contribution in [3.63, 3.8) is 0 Å². The van der Waals surface area contributed by atoms with E-state index in [0.717, 1.165) is 11.5 Å². The molecule has 1 aliphatic rings. The largest absolute Gasteiger partial charge is 0.783 e. The first-order valence-electron chi connectivity index (χ1n) is 6.79. The number of carbonyl (C=O) groups excluding carboxylic acids is 1. The van der Waals surface area contributed by atoms with E-state index in [1.165, 1.54) is 6.92 Å². The van der Waals surface area contributed by atoms with Crippen molar-refractivity contribution >= 4 is 14.3 Å². The van der Waals surface area contributed by atoms with Crippen molar-refractivity contribution in [3.05, 3.63) is 5.21 Å². The normalized spacial score (nSPS) is 25.0. The second-order valence-corrected chi connectivity index (χ2v) is 11.6. The highest BCUT2D eigenvalue weighted by atomic mass is 28.4. The van der Waals surface area contributed by atoms with E-state index >= 15 is 0 Å². The van der Waals surface area contributed by atoms with E-state index in [4.69, 9.17) is 9.16 Å². The van der Waals surface area contributed by atoms with Crippen LogP contribution in [0.4, 0.5) is 0 Å². The maximum Gasteiger partial charge on any atom is 0.304 e. The predicted molar refractivity (Wildman–Crippen MR) is 76.9 cm³/mol. The van der Waals surface area contributed by atoms with Gasteiger partial charge in [-0.2, -0.15) is 0 Å². The van der Waals surface area contributed by atoms with E-state index in [0.29, 0.717) is 13.2 Å². The van der Waals surface area contributed by atoms with Gasteiger partial charge >= 0.3 is 5.97 Å². The summed E-state index contributed by atoms with van der Waals surface area (Å²) >= 11 is 0. The van der Waals surface area contributed by atoms with Crippen LogP contribution in [0.3, 0.4) is 0 Å². The number of esters is 1. The third-order valence-electron chi connectivity index (χ3n) is 4.15. The van der Waals surface area contributed by atoms with Gasteiger partial charge in [0.05, 0.1) is 0 Å². The zero-order valence-corrected chi connectivity index (χ0v) is 13.9. The van der Waals surface area contributed by atoms with Crippen molar-refractivity contribution in [2.45, 2.75) is 58.5 Å². The van der Waals surface area contributed by atoms with Gasteiger partial charge < -0.3 is 19.4 Å². The van der Waals surface area contributed by atoms with Crippen molar-refractivity contribution in [1.29, 1.82) is 0 Å². The second kappa shape index (κ2) is 5.91. The van der Waals surface area contributed by atoms with E-state index in [1.54, 1.807) is 0 Å². The molecule has 0 aromatic rings. The first-order chi connectivity index (χ1) is 8.54. The van der Waals surface area contributed by atoms with Crippen molar-refractivity contribution in [2.75, 3.05) is 13.2 Å². The van der Waals surface area contributed by atoms with E-state index in [-0.39, 0.29) is 11.0 Å². The minimum Gasteiger partial charge on any atom is -0.783 e. The molecule has 1 saturated heterocycles. The Balaban J connectivity index is 2.36. The summed E-state index contributed by atoms with van der Waals surface area (Å²) in [4.78, 5) is 10.9. The highest BCUT2D eigenvalue weighted by Crippen LogP contribution is 2.37. The molecule has 6 heteroatoms.